The summed E-state index contributed by atoms with van der Waals surface area (Å²) in [7, 11) is 1.71. The number of hydrogen-bond donors (Lipinski definition) is 2. The molecule has 1 rings (SSSR count). The molecule has 0 heterocycles. The number of nitrogens with zero attached hydrogens (tertiary/aromatic N) is 1. The fraction of sp³-hybridized carbons (Fsp3) is 0.400. The number of aliphatic imine (C=N–C) groups is 1. The Hall–Kier alpha value is -1.42. The highest BCUT2D eigenvalue weighted by Gasteiger charge is 2.06. The van der Waals surface area contributed by atoms with Crippen molar-refractivity contribution in [1.29, 1.82) is 0 Å². The monoisotopic (exact) mass is 387 g/mol. The Morgan fingerprint density at radius 2 is 2.10 bits per heavy atom. The van der Waals surface area contributed by atoms with Crippen LogP contribution < -0.4 is 15.4 Å². The number of halogens is 1. The van der Waals surface area contributed by atoms with Crippen LogP contribution in [-0.4, -0.2) is 32.2 Å². The molecule has 0 amide bonds. The van der Waals surface area contributed by atoms with E-state index in [1.54, 1.807) is 7.05 Å². The zero-order chi connectivity index (χ0) is 14.1. The predicted octanol–water partition coefficient (Wildman–Crippen LogP) is 2.18. The molecule has 4 nitrogen and oxygen atoms in total. The zero-order valence-electron chi connectivity index (χ0n) is 12.1. The van der Waals surface area contributed by atoms with Gasteiger partial charge in [-0.15, -0.1) is 30.4 Å². The average Bonchev–Trinajstić information content (AvgIpc) is 2.41. The first kappa shape index (κ1) is 18.6. The second kappa shape index (κ2) is 10.4. The SMILES string of the molecule is C#CCNC(=NC)NCC(C)Oc1ccccc1C.I. The summed E-state index contributed by atoms with van der Waals surface area (Å²) in [5.41, 5.74) is 1.13. The summed E-state index contributed by atoms with van der Waals surface area (Å²) in [6, 6.07) is 7.96. The molecule has 1 aromatic rings. The smallest absolute Gasteiger partial charge is 0.191 e. The van der Waals surface area contributed by atoms with Crippen molar-refractivity contribution in [2.45, 2.75) is 20.0 Å². The molecule has 0 radical (unpaired) electrons. The number of guanidine groups is 1. The van der Waals surface area contributed by atoms with E-state index in [0.29, 0.717) is 19.0 Å². The fourth-order valence-electron chi connectivity index (χ4n) is 1.54. The van der Waals surface area contributed by atoms with Crippen molar-refractivity contribution in [1.82, 2.24) is 10.6 Å². The van der Waals surface area contributed by atoms with E-state index in [4.69, 9.17) is 11.2 Å². The minimum absolute atomic E-state index is 0. The molecule has 1 aromatic carbocycles. The summed E-state index contributed by atoms with van der Waals surface area (Å²) < 4.78 is 5.86. The Bertz CT molecular complexity index is 468. The lowest BCUT2D eigenvalue weighted by Crippen LogP contribution is -2.41. The van der Waals surface area contributed by atoms with Crippen molar-refractivity contribution in [3.63, 3.8) is 0 Å². The van der Waals surface area contributed by atoms with Gasteiger partial charge in [-0.25, -0.2) is 0 Å². The number of aryl methyl sites for hydroxylation is 1. The number of nitrogens with one attached hydrogen (secondary N) is 2. The van der Waals surface area contributed by atoms with Crippen LogP contribution in [0.25, 0.3) is 0 Å². The zero-order valence-corrected chi connectivity index (χ0v) is 14.5. The summed E-state index contributed by atoms with van der Waals surface area (Å²) in [6.45, 7) is 5.14. The van der Waals surface area contributed by atoms with Crippen LogP contribution >= 0.6 is 24.0 Å². The van der Waals surface area contributed by atoms with Gasteiger partial charge in [-0.05, 0) is 25.5 Å². The van der Waals surface area contributed by atoms with Crippen molar-refractivity contribution in [3.8, 4) is 18.1 Å². The van der Waals surface area contributed by atoms with Crippen LogP contribution in [0.2, 0.25) is 0 Å². The molecule has 2 N–H and O–H groups in total. The topological polar surface area (TPSA) is 45.7 Å². The summed E-state index contributed by atoms with van der Waals surface area (Å²) in [5.74, 6) is 4.09. The van der Waals surface area contributed by atoms with Crippen molar-refractivity contribution < 1.29 is 4.74 Å². The maximum atomic E-state index is 5.86. The Balaban J connectivity index is 0.00000361. The number of ether oxygens (including phenoxy) is 1. The number of benzene rings is 1. The minimum atomic E-state index is 0. The number of para-hydroxylation sites is 1. The second-order valence-electron chi connectivity index (χ2n) is 4.20. The van der Waals surface area contributed by atoms with E-state index in [9.17, 15) is 0 Å². The molecule has 0 aliphatic carbocycles. The van der Waals surface area contributed by atoms with Gasteiger partial charge in [0.05, 0.1) is 13.1 Å². The van der Waals surface area contributed by atoms with E-state index < -0.39 is 0 Å². The Labute approximate surface area is 138 Å². The summed E-state index contributed by atoms with van der Waals surface area (Å²) in [5, 5.41) is 6.16. The molecule has 0 saturated carbocycles. The van der Waals surface area contributed by atoms with E-state index >= 15 is 0 Å². The van der Waals surface area contributed by atoms with Crippen molar-refractivity contribution in [3.05, 3.63) is 29.8 Å². The van der Waals surface area contributed by atoms with Gasteiger partial charge < -0.3 is 15.4 Å². The normalized spacial score (nSPS) is 11.8. The molecular weight excluding hydrogens is 365 g/mol. The van der Waals surface area contributed by atoms with Gasteiger partial charge in [-0.2, -0.15) is 0 Å². The van der Waals surface area contributed by atoms with Gasteiger partial charge >= 0.3 is 0 Å². The van der Waals surface area contributed by atoms with Gasteiger partial charge in [-0.3, -0.25) is 4.99 Å². The van der Waals surface area contributed by atoms with Gasteiger partial charge in [0.1, 0.15) is 11.9 Å². The van der Waals surface area contributed by atoms with Crippen molar-refractivity contribution >= 4 is 29.9 Å². The molecule has 0 aliphatic rings. The number of rotatable bonds is 5. The van der Waals surface area contributed by atoms with Crippen LogP contribution in [0, 0.1) is 19.3 Å². The Morgan fingerprint density at radius 3 is 2.70 bits per heavy atom. The Kier molecular flexibility index (Phi) is 9.64. The largest absolute Gasteiger partial charge is 0.489 e. The predicted molar refractivity (Wildman–Crippen MR) is 94.9 cm³/mol. The lowest BCUT2D eigenvalue weighted by molar-refractivity contribution is 0.222. The molecule has 1 unspecified atom stereocenters. The third-order valence-electron chi connectivity index (χ3n) is 2.56. The maximum absolute atomic E-state index is 5.86. The molecule has 0 aliphatic heterocycles. The molecule has 0 fully saturated rings. The lowest BCUT2D eigenvalue weighted by Gasteiger charge is -2.18. The third-order valence-corrected chi connectivity index (χ3v) is 2.56. The van der Waals surface area contributed by atoms with Gasteiger partial charge in [0.15, 0.2) is 5.96 Å². The highest BCUT2D eigenvalue weighted by Crippen LogP contribution is 2.17. The first-order chi connectivity index (χ1) is 9.17. The number of hydrogen-bond acceptors (Lipinski definition) is 2. The second-order valence-corrected chi connectivity index (χ2v) is 4.20. The molecule has 0 aromatic heterocycles. The van der Waals surface area contributed by atoms with Crippen LogP contribution in [0.5, 0.6) is 5.75 Å². The van der Waals surface area contributed by atoms with Crippen LogP contribution in [0.4, 0.5) is 0 Å². The van der Waals surface area contributed by atoms with Crippen LogP contribution in [0.1, 0.15) is 12.5 Å². The van der Waals surface area contributed by atoms with Crippen LogP contribution in [-0.2, 0) is 0 Å². The summed E-state index contributed by atoms with van der Waals surface area (Å²) in [4.78, 5) is 4.07. The van der Waals surface area contributed by atoms with Crippen LogP contribution in [0.15, 0.2) is 29.3 Å². The molecule has 0 bridgehead atoms. The minimum Gasteiger partial charge on any atom is -0.489 e. The van der Waals surface area contributed by atoms with E-state index in [0.717, 1.165) is 11.3 Å². The quantitative estimate of drug-likeness (QED) is 0.352. The molecule has 0 spiro atoms. The maximum Gasteiger partial charge on any atom is 0.191 e. The first-order valence-electron chi connectivity index (χ1n) is 6.27. The lowest BCUT2D eigenvalue weighted by atomic mass is 10.2. The molecule has 110 valence electrons. The highest BCUT2D eigenvalue weighted by molar-refractivity contribution is 14.0. The van der Waals surface area contributed by atoms with Crippen LogP contribution in [0.3, 0.4) is 0 Å². The standard InChI is InChI=1S/C15H21N3O.HI/c1-5-10-17-15(16-4)18-11-13(3)19-14-9-7-6-8-12(14)2;/h1,6-9,13H,10-11H2,2-4H3,(H2,16,17,18);1H. The van der Waals surface area contributed by atoms with E-state index in [-0.39, 0.29) is 30.1 Å². The van der Waals surface area contributed by atoms with E-state index in [2.05, 4.69) is 21.5 Å². The molecule has 0 saturated heterocycles. The Morgan fingerprint density at radius 1 is 1.40 bits per heavy atom. The van der Waals surface area contributed by atoms with E-state index in [1.165, 1.54) is 0 Å². The highest BCUT2D eigenvalue weighted by atomic mass is 127. The van der Waals surface area contributed by atoms with Gasteiger partial charge in [0, 0.05) is 7.05 Å². The number of terminal acetylenes is 1. The average molecular weight is 387 g/mol. The molecule has 5 heteroatoms. The van der Waals surface area contributed by atoms with E-state index in [1.807, 2.05) is 38.1 Å². The summed E-state index contributed by atoms with van der Waals surface area (Å²) >= 11 is 0. The first-order valence-corrected chi connectivity index (χ1v) is 6.27. The van der Waals surface area contributed by atoms with Gasteiger partial charge in [-0.1, -0.05) is 24.1 Å². The van der Waals surface area contributed by atoms with Gasteiger partial charge in [0.2, 0.25) is 0 Å². The van der Waals surface area contributed by atoms with Crippen molar-refractivity contribution in [2.24, 2.45) is 4.99 Å². The fourth-order valence-corrected chi connectivity index (χ4v) is 1.54. The molecule has 20 heavy (non-hydrogen) atoms. The van der Waals surface area contributed by atoms with Gasteiger partial charge in [0.25, 0.3) is 0 Å². The summed E-state index contributed by atoms with van der Waals surface area (Å²) in [6.07, 6.45) is 5.22. The van der Waals surface area contributed by atoms with Crippen molar-refractivity contribution in [2.75, 3.05) is 20.1 Å². The molecule has 1 atom stereocenters. The third kappa shape index (κ3) is 6.66. The molecular formula is C15H22IN3O.